The van der Waals surface area contributed by atoms with Crippen LogP contribution in [0.4, 0.5) is 0 Å². The third-order valence-electron chi connectivity index (χ3n) is 4.12. The first-order valence-electron chi connectivity index (χ1n) is 7.34. The van der Waals surface area contributed by atoms with E-state index in [9.17, 15) is 5.26 Å². The van der Waals surface area contributed by atoms with E-state index < -0.39 is 0 Å². The Morgan fingerprint density at radius 3 is 2.75 bits per heavy atom. The molecule has 0 heterocycles. The van der Waals surface area contributed by atoms with Gasteiger partial charge in [-0.25, -0.2) is 0 Å². The Balaban J connectivity index is 1.84. The molecule has 20 heavy (non-hydrogen) atoms. The van der Waals surface area contributed by atoms with Gasteiger partial charge in [-0.05, 0) is 43.2 Å². The minimum atomic E-state index is -0.240. The lowest BCUT2D eigenvalue weighted by molar-refractivity contribution is 0.0835. The van der Waals surface area contributed by atoms with Crippen molar-refractivity contribution in [2.75, 3.05) is 26.9 Å². The second-order valence-electron chi connectivity index (χ2n) is 5.55. The number of hydrogen-bond donors (Lipinski definition) is 0. The maximum atomic E-state index is 9.58. The molecule has 0 saturated carbocycles. The SMILES string of the molecule is COCCCOCCC1(C#N)CCc2ccccc2C1. The zero-order chi connectivity index (χ0) is 14.3. The van der Waals surface area contributed by atoms with Crippen molar-refractivity contribution in [3.05, 3.63) is 35.4 Å². The van der Waals surface area contributed by atoms with E-state index in [0.717, 1.165) is 38.7 Å². The Hall–Kier alpha value is -1.37. The Bertz CT molecular complexity index is 466. The highest BCUT2D eigenvalue weighted by molar-refractivity contribution is 5.32. The summed E-state index contributed by atoms with van der Waals surface area (Å²) in [6, 6.07) is 11.0. The molecule has 1 aromatic rings. The van der Waals surface area contributed by atoms with Crippen LogP contribution in [0.15, 0.2) is 24.3 Å². The summed E-state index contributed by atoms with van der Waals surface area (Å²) in [6.45, 7) is 2.11. The van der Waals surface area contributed by atoms with Gasteiger partial charge >= 0.3 is 0 Å². The highest BCUT2D eigenvalue weighted by Gasteiger charge is 2.34. The molecule has 0 aromatic heterocycles. The molecule has 0 spiro atoms. The molecule has 1 aliphatic carbocycles. The van der Waals surface area contributed by atoms with Crippen LogP contribution >= 0.6 is 0 Å². The van der Waals surface area contributed by atoms with Crippen LogP contribution < -0.4 is 0 Å². The second kappa shape index (κ2) is 7.42. The number of ether oxygens (including phenoxy) is 2. The Morgan fingerprint density at radius 1 is 1.20 bits per heavy atom. The lowest BCUT2D eigenvalue weighted by Gasteiger charge is -2.32. The molecule has 0 N–H and O–H groups in total. The summed E-state index contributed by atoms with van der Waals surface area (Å²) in [5.41, 5.74) is 2.49. The van der Waals surface area contributed by atoms with Crippen LogP contribution in [0.2, 0.25) is 0 Å². The highest BCUT2D eigenvalue weighted by atomic mass is 16.5. The molecule has 0 amide bonds. The van der Waals surface area contributed by atoms with E-state index in [-0.39, 0.29) is 5.41 Å². The topological polar surface area (TPSA) is 42.2 Å². The van der Waals surface area contributed by atoms with Crippen LogP contribution in [0, 0.1) is 16.7 Å². The molecular weight excluding hydrogens is 250 g/mol. The number of aryl methyl sites for hydroxylation is 1. The monoisotopic (exact) mass is 273 g/mol. The van der Waals surface area contributed by atoms with Gasteiger partial charge in [-0.3, -0.25) is 0 Å². The number of fused-ring (bicyclic) bond motifs is 1. The molecule has 0 aliphatic heterocycles. The summed E-state index contributed by atoms with van der Waals surface area (Å²) < 4.78 is 10.6. The van der Waals surface area contributed by atoms with Crippen molar-refractivity contribution >= 4 is 0 Å². The van der Waals surface area contributed by atoms with Gasteiger partial charge in [-0.15, -0.1) is 0 Å². The first kappa shape index (κ1) is 15.0. The zero-order valence-corrected chi connectivity index (χ0v) is 12.2. The van der Waals surface area contributed by atoms with Gasteiger partial charge in [0.2, 0.25) is 0 Å². The van der Waals surface area contributed by atoms with Gasteiger partial charge in [0.1, 0.15) is 0 Å². The Kier molecular flexibility index (Phi) is 5.58. The molecule has 0 bridgehead atoms. The molecule has 1 aliphatic rings. The van der Waals surface area contributed by atoms with Crippen LogP contribution in [0.1, 0.15) is 30.4 Å². The number of benzene rings is 1. The van der Waals surface area contributed by atoms with Gasteiger partial charge in [-0.2, -0.15) is 5.26 Å². The van der Waals surface area contributed by atoms with E-state index in [4.69, 9.17) is 9.47 Å². The normalized spacial score (nSPS) is 21.2. The number of nitrogens with zero attached hydrogens (tertiary/aromatic N) is 1. The van der Waals surface area contributed by atoms with Crippen molar-refractivity contribution in [1.29, 1.82) is 5.26 Å². The molecule has 3 nitrogen and oxygen atoms in total. The van der Waals surface area contributed by atoms with Crippen LogP contribution in [0.25, 0.3) is 0 Å². The summed E-state index contributed by atoms with van der Waals surface area (Å²) in [7, 11) is 1.70. The quantitative estimate of drug-likeness (QED) is 0.717. The number of hydrogen-bond acceptors (Lipinski definition) is 3. The number of rotatable bonds is 7. The molecule has 1 aromatic carbocycles. The van der Waals surface area contributed by atoms with E-state index in [1.807, 2.05) is 0 Å². The zero-order valence-electron chi connectivity index (χ0n) is 12.2. The minimum Gasteiger partial charge on any atom is -0.385 e. The van der Waals surface area contributed by atoms with Gasteiger partial charge in [0.05, 0.1) is 11.5 Å². The number of nitriles is 1. The molecule has 108 valence electrons. The van der Waals surface area contributed by atoms with Crippen molar-refractivity contribution in [3.8, 4) is 6.07 Å². The first-order valence-corrected chi connectivity index (χ1v) is 7.34. The third-order valence-corrected chi connectivity index (χ3v) is 4.12. The number of methoxy groups -OCH3 is 1. The molecule has 2 rings (SSSR count). The standard InChI is InChI=1S/C17H23NO2/c1-19-10-4-11-20-12-9-17(14-18)8-7-15-5-2-3-6-16(15)13-17/h2-3,5-6H,4,7-13H2,1H3. The largest absolute Gasteiger partial charge is 0.385 e. The van der Waals surface area contributed by atoms with Crippen LogP contribution in [-0.4, -0.2) is 26.9 Å². The van der Waals surface area contributed by atoms with Crippen LogP contribution in [0.3, 0.4) is 0 Å². The van der Waals surface area contributed by atoms with Gasteiger partial charge in [0.15, 0.2) is 0 Å². The molecule has 1 atom stereocenters. The van der Waals surface area contributed by atoms with Crippen molar-refractivity contribution in [2.45, 2.75) is 32.1 Å². The van der Waals surface area contributed by atoms with Crippen molar-refractivity contribution < 1.29 is 9.47 Å². The predicted molar refractivity (Wildman–Crippen MR) is 78.4 cm³/mol. The van der Waals surface area contributed by atoms with Crippen molar-refractivity contribution in [1.82, 2.24) is 0 Å². The minimum absolute atomic E-state index is 0.240. The van der Waals surface area contributed by atoms with Crippen LogP contribution in [0.5, 0.6) is 0 Å². The maximum absolute atomic E-state index is 9.58. The van der Waals surface area contributed by atoms with E-state index in [0.29, 0.717) is 13.2 Å². The summed E-state index contributed by atoms with van der Waals surface area (Å²) >= 11 is 0. The molecular formula is C17H23NO2. The summed E-state index contributed by atoms with van der Waals surface area (Å²) in [5, 5.41) is 9.58. The van der Waals surface area contributed by atoms with Crippen molar-refractivity contribution in [3.63, 3.8) is 0 Å². The van der Waals surface area contributed by atoms with Gasteiger partial charge in [-0.1, -0.05) is 24.3 Å². The molecule has 3 heteroatoms. The summed E-state index contributed by atoms with van der Waals surface area (Å²) in [5.74, 6) is 0. The van der Waals surface area contributed by atoms with Crippen molar-refractivity contribution in [2.24, 2.45) is 5.41 Å². The fourth-order valence-electron chi connectivity index (χ4n) is 2.84. The summed E-state index contributed by atoms with van der Waals surface area (Å²) in [6.07, 6.45) is 4.56. The Morgan fingerprint density at radius 2 is 2.00 bits per heavy atom. The van der Waals surface area contributed by atoms with Gasteiger partial charge < -0.3 is 9.47 Å². The fourth-order valence-corrected chi connectivity index (χ4v) is 2.84. The molecule has 0 radical (unpaired) electrons. The Labute approximate surface area is 121 Å². The lowest BCUT2D eigenvalue weighted by atomic mass is 9.71. The van der Waals surface area contributed by atoms with Gasteiger partial charge in [0, 0.05) is 26.9 Å². The molecule has 0 saturated heterocycles. The first-order chi connectivity index (χ1) is 9.79. The average Bonchev–Trinajstić information content (AvgIpc) is 2.50. The summed E-state index contributed by atoms with van der Waals surface area (Å²) in [4.78, 5) is 0. The predicted octanol–water partition coefficient (Wildman–Crippen LogP) is 3.13. The van der Waals surface area contributed by atoms with E-state index in [2.05, 4.69) is 30.3 Å². The van der Waals surface area contributed by atoms with Crippen LogP contribution in [-0.2, 0) is 22.3 Å². The van der Waals surface area contributed by atoms with E-state index in [1.54, 1.807) is 7.11 Å². The second-order valence-corrected chi connectivity index (χ2v) is 5.55. The fraction of sp³-hybridized carbons (Fsp3) is 0.588. The van der Waals surface area contributed by atoms with Gasteiger partial charge in [0.25, 0.3) is 0 Å². The smallest absolute Gasteiger partial charge is 0.0694 e. The maximum Gasteiger partial charge on any atom is 0.0694 e. The van der Waals surface area contributed by atoms with E-state index >= 15 is 0 Å². The molecule has 0 fully saturated rings. The highest BCUT2D eigenvalue weighted by Crippen LogP contribution is 2.37. The molecule has 1 unspecified atom stereocenters. The third kappa shape index (κ3) is 3.82. The lowest BCUT2D eigenvalue weighted by Crippen LogP contribution is -2.29. The van der Waals surface area contributed by atoms with E-state index in [1.165, 1.54) is 11.1 Å². The average molecular weight is 273 g/mol.